The first-order chi connectivity index (χ1) is 10.5. The summed E-state index contributed by atoms with van der Waals surface area (Å²) < 4.78 is 18.1. The maximum atomic E-state index is 12.0. The number of carbonyl (C=O) groups excluding carboxylic acids is 1. The Morgan fingerprint density at radius 3 is 1.88 bits per heavy atom. The van der Waals surface area contributed by atoms with Crippen LogP contribution in [0.2, 0.25) is 36.3 Å². The van der Waals surface area contributed by atoms with Crippen molar-refractivity contribution in [2.45, 2.75) is 95.4 Å². The van der Waals surface area contributed by atoms with E-state index in [4.69, 9.17) is 25.2 Å². The molecule has 142 valence electrons. The normalized spacial score (nSPS) is 26.6. The molecule has 0 saturated carbocycles. The van der Waals surface area contributed by atoms with Crippen LogP contribution in [0, 0.1) is 0 Å². The number of hydrogen-bond donors (Lipinski definition) is 0. The van der Waals surface area contributed by atoms with E-state index in [9.17, 15) is 4.79 Å². The predicted octanol–water partition coefficient (Wildman–Crippen LogP) is 4.93. The smallest absolute Gasteiger partial charge is 0.327 e. The number of carbonyl (C=O) groups is 1. The predicted molar refractivity (Wildman–Crippen MR) is 105 cm³/mol. The van der Waals surface area contributed by atoms with Gasteiger partial charge in [0.15, 0.2) is 28.1 Å². The molecule has 0 bridgehead atoms. The van der Waals surface area contributed by atoms with Gasteiger partial charge in [-0.05, 0) is 36.3 Å². The number of ether oxygens (including phenoxy) is 1. The standard InChI is InChI=1S/C17H35ClO4Si2/c1-16(2,3)23(7,8)20-11-12-14(13(18)15(19)21-12)22-24(9,10)17(4,5)6/h12-14H,11H2,1-10H3/t12?,13-,14?/m0/s1. The van der Waals surface area contributed by atoms with Crippen molar-refractivity contribution >= 4 is 34.2 Å². The van der Waals surface area contributed by atoms with Gasteiger partial charge < -0.3 is 13.6 Å². The summed E-state index contributed by atoms with van der Waals surface area (Å²) in [5.74, 6) is -0.399. The zero-order chi connectivity index (χ0) is 19.1. The first-order valence-corrected chi connectivity index (χ1v) is 14.9. The minimum atomic E-state index is -2.06. The molecule has 1 aliphatic rings. The number of esters is 1. The molecule has 0 aromatic carbocycles. The maximum Gasteiger partial charge on any atom is 0.327 e. The molecule has 24 heavy (non-hydrogen) atoms. The molecule has 0 aromatic rings. The van der Waals surface area contributed by atoms with Gasteiger partial charge in [0.05, 0.1) is 6.61 Å². The summed E-state index contributed by atoms with van der Waals surface area (Å²) >= 11 is 6.30. The molecular formula is C17H35ClO4Si2. The maximum absolute atomic E-state index is 12.0. The van der Waals surface area contributed by atoms with Crippen LogP contribution in [0.15, 0.2) is 0 Å². The van der Waals surface area contributed by atoms with Crippen LogP contribution in [-0.2, 0) is 18.4 Å². The topological polar surface area (TPSA) is 44.8 Å². The Balaban J connectivity index is 2.88. The van der Waals surface area contributed by atoms with Crippen LogP contribution in [-0.4, -0.2) is 46.8 Å². The van der Waals surface area contributed by atoms with Crippen molar-refractivity contribution in [2.75, 3.05) is 6.61 Å². The van der Waals surface area contributed by atoms with Gasteiger partial charge in [-0.2, -0.15) is 0 Å². The quantitative estimate of drug-likeness (QED) is 0.376. The molecule has 4 nitrogen and oxygen atoms in total. The van der Waals surface area contributed by atoms with E-state index >= 15 is 0 Å². The first-order valence-electron chi connectivity index (χ1n) is 8.66. The molecule has 0 amide bonds. The van der Waals surface area contributed by atoms with E-state index in [1.165, 1.54) is 0 Å². The monoisotopic (exact) mass is 394 g/mol. The molecule has 0 N–H and O–H groups in total. The molecule has 1 fully saturated rings. The van der Waals surface area contributed by atoms with E-state index in [-0.39, 0.29) is 10.1 Å². The van der Waals surface area contributed by atoms with Gasteiger partial charge in [0.25, 0.3) is 0 Å². The van der Waals surface area contributed by atoms with Crippen molar-refractivity contribution < 1.29 is 18.4 Å². The van der Waals surface area contributed by atoms with E-state index < -0.39 is 40.2 Å². The fraction of sp³-hybridized carbons (Fsp3) is 0.941. The molecule has 0 aromatic heterocycles. The molecule has 0 aliphatic carbocycles. The van der Waals surface area contributed by atoms with Gasteiger partial charge in [-0.3, -0.25) is 4.79 Å². The Bertz CT molecular complexity index is 466. The van der Waals surface area contributed by atoms with Gasteiger partial charge in [0.1, 0.15) is 6.10 Å². The third-order valence-corrected chi connectivity index (χ3v) is 15.2. The highest BCUT2D eigenvalue weighted by Gasteiger charge is 2.50. The molecule has 1 aliphatic heterocycles. The molecule has 3 atom stereocenters. The fourth-order valence-electron chi connectivity index (χ4n) is 1.89. The second-order valence-corrected chi connectivity index (χ2v) is 19.8. The van der Waals surface area contributed by atoms with Crippen molar-refractivity contribution in [3.05, 3.63) is 0 Å². The Kier molecular flexibility index (Phi) is 6.48. The molecule has 1 heterocycles. The number of rotatable bonds is 5. The number of cyclic esters (lactones) is 1. The summed E-state index contributed by atoms with van der Waals surface area (Å²) in [7, 11) is -3.98. The average molecular weight is 395 g/mol. The molecule has 2 unspecified atom stereocenters. The summed E-state index contributed by atoms with van der Waals surface area (Å²) in [5, 5.41) is -0.613. The lowest BCUT2D eigenvalue weighted by Crippen LogP contribution is -2.50. The number of halogens is 1. The third kappa shape index (κ3) is 4.84. The lowest BCUT2D eigenvalue weighted by Gasteiger charge is -2.40. The largest absolute Gasteiger partial charge is 0.456 e. The Morgan fingerprint density at radius 2 is 1.46 bits per heavy atom. The van der Waals surface area contributed by atoms with E-state index in [0.29, 0.717) is 6.61 Å². The zero-order valence-electron chi connectivity index (χ0n) is 17.0. The molecular weight excluding hydrogens is 360 g/mol. The van der Waals surface area contributed by atoms with E-state index in [2.05, 4.69) is 67.7 Å². The number of alkyl halides is 1. The second kappa shape index (κ2) is 7.02. The summed E-state index contributed by atoms with van der Waals surface area (Å²) in [5.41, 5.74) is 0. The van der Waals surface area contributed by atoms with Crippen LogP contribution in [0.5, 0.6) is 0 Å². The van der Waals surface area contributed by atoms with Crippen LogP contribution in [0.4, 0.5) is 0 Å². The Morgan fingerprint density at radius 1 is 1.00 bits per heavy atom. The summed E-state index contributed by atoms with van der Waals surface area (Å²) in [6.07, 6.45) is -0.868. The third-order valence-electron chi connectivity index (χ3n) is 5.80. The lowest BCUT2D eigenvalue weighted by atomic mass is 10.2. The average Bonchev–Trinajstić information content (AvgIpc) is 2.61. The number of hydrogen-bond acceptors (Lipinski definition) is 4. The molecule has 0 spiro atoms. The van der Waals surface area contributed by atoms with Crippen molar-refractivity contribution in [1.82, 2.24) is 0 Å². The van der Waals surface area contributed by atoms with Crippen LogP contribution < -0.4 is 0 Å². The fourth-order valence-corrected chi connectivity index (χ4v) is 4.58. The van der Waals surface area contributed by atoms with Crippen molar-refractivity contribution in [2.24, 2.45) is 0 Å². The van der Waals surface area contributed by atoms with Crippen molar-refractivity contribution in [3.63, 3.8) is 0 Å². The Labute approximate surface area is 154 Å². The van der Waals surface area contributed by atoms with E-state index in [1.807, 2.05) is 0 Å². The molecule has 7 heteroatoms. The Hall–Kier alpha value is 0.114. The van der Waals surface area contributed by atoms with Gasteiger partial charge in [0.2, 0.25) is 0 Å². The highest BCUT2D eigenvalue weighted by atomic mass is 35.5. The first kappa shape index (κ1) is 22.2. The highest BCUT2D eigenvalue weighted by Crippen LogP contribution is 2.41. The molecule has 0 radical (unpaired) electrons. The van der Waals surface area contributed by atoms with Gasteiger partial charge in [-0.15, -0.1) is 11.6 Å². The van der Waals surface area contributed by atoms with Crippen LogP contribution in [0.3, 0.4) is 0 Å². The van der Waals surface area contributed by atoms with Crippen molar-refractivity contribution in [1.29, 1.82) is 0 Å². The summed E-state index contributed by atoms with van der Waals surface area (Å²) in [6.45, 7) is 22.1. The van der Waals surface area contributed by atoms with Crippen molar-refractivity contribution in [3.8, 4) is 0 Å². The van der Waals surface area contributed by atoms with Gasteiger partial charge in [-0.1, -0.05) is 41.5 Å². The van der Waals surface area contributed by atoms with E-state index in [1.54, 1.807) is 0 Å². The minimum Gasteiger partial charge on any atom is -0.456 e. The second-order valence-electron chi connectivity index (χ2n) is 9.79. The summed E-state index contributed by atoms with van der Waals surface area (Å²) in [4.78, 5) is 12.0. The molecule has 1 saturated heterocycles. The van der Waals surface area contributed by atoms with Gasteiger partial charge >= 0.3 is 5.97 Å². The van der Waals surface area contributed by atoms with Gasteiger partial charge in [0, 0.05) is 0 Å². The lowest BCUT2D eigenvalue weighted by molar-refractivity contribution is -0.142. The summed E-state index contributed by atoms with van der Waals surface area (Å²) in [6, 6.07) is 0. The van der Waals surface area contributed by atoms with E-state index in [0.717, 1.165) is 0 Å². The zero-order valence-corrected chi connectivity index (χ0v) is 19.7. The SMILES string of the molecule is CC(C)(C)[Si](C)(C)OCC1OC(=O)[C@@H](Cl)C1O[Si](C)(C)C(C)(C)C. The van der Waals surface area contributed by atoms with Crippen LogP contribution >= 0.6 is 11.6 Å². The van der Waals surface area contributed by atoms with Crippen LogP contribution in [0.1, 0.15) is 41.5 Å². The minimum absolute atomic E-state index is 0.0418. The van der Waals surface area contributed by atoms with Crippen LogP contribution in [0.25, 0.3) is 0 Å². The molecule has 1 rings (SSSR count). The highest BCUT2D eigenvalue weighted by molar-refractivity contribution is 6.74. The van der Waals surface area contributed by atoms with Gasteiger partial charge in [-0.25, -0.2) is 0 Å².